The zero-order valence-corrected chi connectivity index (χ0v) is 18.8. The normalized spacial score (nSPS) is 11.9. The number of hydrogen-bond donors (Lipinski definition) is 2. The minimum atomic E-state index is -4.56. The van der Waals surface area contributed by atoms with Crippen LogP contribution in [0.1, 0.15) is 10.4 Å². The molecule has 4 aromatic rings. The smallest absolute Gasteiger partial charge is 0.265 e. The molecule has 0 saturated carbocycles. The standard InChI is InChI=1S/C22H18N2O7S2/c1-30-17-10-11-20(21(13-17)32(23,26)27)33(28,29)24-22(25)15-8-6-14(7-9-15)19-12-16-4-2-3-5-18(16)31-19/h2-13H,1H3,(H,24,25)(H2,23,26,27). The summed E-state index contributed by atoms with van der Waals surface area (Å²) >= 11 is 0. The first-order valence-electron chi connectivity index (χ1n) is 9.45. The number of sulfonamides is 2. The van der Waals surface area contributed by atoms with Gasteiger partial charge in [0.2, 0.25) is 10.0 Å². The van der Waals surface area contributed by atoms with Gasteiger partial charge in [0.15, 0.2) is 0 Å². The second-order valence-electron chi connectivity index (χ2n) is 7.02. The SMILES string of the molecule is COc1ccc(S(=O)(=O)NC(=O)c2ccc(-c3cc4ccccc4o3)cc2)c(S(N)(=O)=O)c1. The molecule has 0 aliphatic carbocycles. The molecular formula is C22H18N2O7S2. The second kappa shape index (κ2) is 8.35. The van der Waals surface area contributed by atoms with E-state index in [4.69, 9.17) is 14.3 Å². The highest BCUT2D eigenvalue weighted by Gasteiger charge is 2.27. The van der Waals surface area contributed by atoms with E-state index < -0.39 is 35.7 Å². The van der Waals surface area contributed by atoms with Crippen molar-refractivity contribution in [3.8, 4) is 17.1 Å². The lowest BCUT2D eigenvalue weighted by Crippen LogP contribution is -2.32. The maximum Gasteiger partial charge on any atom is 0.265 e. The number of amides is 1. The van der Waals surface area contributed by atoms with E-state index in [1.807, 2.05) is 35.1 Å². The molecule has 11 heteroatoms. The van der Waals surface area contributed by atoms with Gasteiger partial charge in [-0.1, -0.05) is 30.3 Å². The van der Waals surface area contributed by atoms with Crippen LogP contribution in [0.5, 0.6) is 5.75 Å². The van der Waals surface area contributed by atoms with Crippen LogP contribution in [-0.4, -0.2) is 29.9 Å². The van der Waals surface area contributed by atoms with E-state index in [2.05, 4.69) is 0 Å². The van der Waals surface area contributed by atoms with Gasteiger partial charge in [0.25, 0.3) is 15.9 Å². The molecule has 0 bridgehead atoms. The van der Waals surface area contributed by atoms with Crippen molar-refractivity contribution in [3.63, 3.8) is 0 Å². The van der Waals surface area contributed by atoms with E-state index in [1.54, 1.807) is 12.1 Å². The van der Waals surface area contributed by atoms with Gasteiger partial charge in [-0.05, 0) is 36.4 Å². The summed E-state index contributed by atoms with van der Waals surface area (Å²) in [4.78, 5) is 11.2. The van der Waals surface area contributed by atoms with Gasteiger partial charge < -0.3 is 9.15 Å². The average molecular weight is 487 g/mol. The van der Waals surface area contributed by atoms with E-state index in [9.17, 15) is 21.6 Å². The molecule has 0 saturated heterocycles. The Kier molecular flexibility index (Phi) is 5.70. The highest BCUT2D eigenvalue weighted by atomic mass is 32.2. The van der Waals surface area contributed by atoms with Gasteiger partial charge >= 0.3 is 0 Å². The lowest BCUT2D eigenvalue weighted by atomic mass is 10.1. The topological polar surface area (TPSA) is 146 Å². The van der Waals surface area contributed by atoms with Crippen molar-refractivity contribution in [2.75, 3.05) is 7.11 Å². The molecule has 0 atom stereocenters. The predicted molar refractivity (Wildman–Crippen MR) is 121 cm³/mol. The van der Waals surface area contributed by atoms with Crippen LogP contribution in [0.2, 0.25) is 0 Å². The Morgan fingerprint density at radius 3 is 2.24 bits per heavy atom. The number of carbonyl (C=O) groups excluding carboxylic acids is 1. The number of methoxy groups -OCH3 is 1. The van der Waals surface area contributed by atoms with Crippen molar-refractivity contribution in [3.05, 3.63) is 78.4 Å². The number of ether oxygens (including phenoxy) is 1. The molecule has 0 spiro atoms. The molecule has 170 valence electrons. The Hall–Kier alpha value is -3.67. The lowest BCUT2D eigenvalue weighted by molar-refractivity contribution is 0.0981. The molecule has 1 heterocycles. The van der Waals surface area contributed by atoms with Crippen molar-refractivity contribution in [2.24, 2.45) is 5.14 Å². The number of benzene rings is 3. The predicted octanol–water partition coefficient (Wildman–Crippen LogP) is 2.87. The fourth-order valence-corrected chi connectivity index (χ4v) is 5.55. The fraction of sp³-hybridized carbons (Fsp3) is 0.0455. The first-order chi connectivity index (χ1) is 15.6. The number of para-hydroxylation sites is 1. The van der Waals surface area contributed by atoms with Crippen molar-refractivity contribution < 1.29 is 30.8 Å². The zero-order valence-electron chi connectivity index (χ0n) is 17.2. The third kappa shape index (κ3) is 4.60. The van der Waals surface area contributed by atoms with Gasteiger partial charge in [0, 0.05) is 22.6 Å². The Morgan fingerprint density at radius 2 is 1.61 bits per heavy atom. The quantitative estimate of drug-likeness (QED) is 0.426. The molecular weight excluding hydrogens is 468 g/mol. The molecule has 4 rings (SSSR count). The fourth-order valence-electron chi connectivity index (χ4n) is 3.21. The van der Waals surface area contributed by atoms with Crippen LogP contribution < -0.4 is 14.6 Å². The highest BCUT2D eigenvalue weighted by Crippen LogP contribution is 2.28. The summed E-state index contributed by atoms with van der Waals surface area (Å²) in [6, 6.07) is 18.6. The Bertz CT molecular complexity index is 1540. The van der Waals surface area contributed by atoms with Crippen molar-refractivity contribution >= 4 is 36.9 Å². The van der Waals surface area contributed by atoms with Crippen LogP contribution in [0, 0.1) is 0 Å². The van der Waals surface area contributed by atoms with Crippen LogP contribution in [0.3, 0.4) is 0 Å². The van der Waals surface area contributed by atoms with Crippen LogP contribution >= 0.6 is 0 Å². The summed E-state index contributed by atoms with van der Waals surface area (Å²) < 4.78 is 61.9. The molecule has 33 heavy (non-hydrogen) atoms. The molecule has 1 aromatic heterocycles. The molecule has 3 N–H and O–H groups in total. The van der Waals surface area contributed by atoms with Crippen LogP contribution in [0.25, 0.3) is 22.3 Å². The zero-order chi connectivity index (χ0) is 23.8. The van der Waals surface area contributed by atoms with E-state index in [-0.39, 0.29) is 11.3 Å². The van der Waals surface area contributed by atoms with Gasteiger partial charge in [-0.3, -0.25) is 4.79 Å². The third-order valence-electron chi connectivity index (χ3n) is 4.83. The molecule has 1 amide bonds. The number of carbonyl (C=O) groups is 1. The van der Waals surface area contributed by atoms with Crippen molar-refractivity contribution in [1.29, 1.82) is 0 Å². The summed E-state index contributed by atoms with van der Waals surface area (Å²) in [6.07, 6.45) is 0. The van der Waals surface area contributed by atoms with Crippen LogP contribution in [0.15, 0.2) is 87.0 Å². The molecule has 0 radical (unpaired) electrons. The summed E-state index contributed by atoms with van der Waals surface area (Å²) in [5.41, 5.74) is 1.45. The molecule has 9 nitrogen and oxygen atoms in total. The number of fused-ring (bicyclic) bond motifs is 1. The number of primary sulfonamides is 1. The highest BCUT2D eigenvalue weighted by molar-refractivity contribution is 7.92. The second-order valence-corrected chi connectivity index (χ2v) is 10.2. The van der Waals surface area contributed by atoms with Crippen molar-refractivity contribution in [2.45, 2.75) is 9.79 Å². The molecule has 0 aliphatic rings. The largest absolute Gasteiger partial charge is 0.497 e. The van der Waals surface area contributed by atoms with E-state index in [1.165, 1.54) is 25.3 Å². The Labute approximate surface area is 189 Å². The van der Waals surface area contributed by atoms with Crippen LogP contribution in [0.4, 0.5) is 0 Å². The molecule has 0 fully saturated rings. The monoisotopic (exact) mass is 486 g/mol. The number of furan rings is 1. The molecule has 0 unspecified atom stereocenters. The van der Waals surface area contributed by atoms with Crippen LogP contribution in [-0.2, 0) is 20.0 Å². The lowest BCUT2D eigenvalue weighted by Gasteiger charge is -2.12. The third-order valence-corrected chi connectivity index (χ3v) is 7.30. The maximum absolute atomic E-state index is 12.8. The van der Waals surface area contributed by atoms with Gasteiger partial charge in [-0.2, -0.15) is 0 Å². The summed E-state index contributed by atoms with van der Waals surface area (Å²) in [7, 11) is -7.69. The van der Waals surface area contributed by atoms with Gasteiger partial charge in [-0.25, -0.2) is 26.7 Å². The minimum Gasteiger partial charge on any atom is -0.497 e. The number of nitrogens with two attached hydrogens (primary N) is 1. The molecule has 3 aromatic carbocycles. The first-order valence-corrected chi connectivity index (χ1v) is 12.5. The van der Waals surface area contributed by atoms with E-state index in [0.717, 1.165) is 17.5 Å². The Morgan fingerprint density at radius 1 is 0.909 bits per heavy atom. The van der Waals surface area contributed by atoms with Gasteiger partial charge in [0.1, 0.15) is 26.9 Å². The summed E-state index contributed by atoms with van der Waals surface area (Å²) in [5, 5.41) is 6.07. The first kappa shape index (κ1) is 22.5. The summed E-state index contributed by atoms with van der Waals surface area (Å²) in [5.74, 6) is -0.264. The number of rotatable bonds is 6. The number of nitrogens with one attached hydrogen (secondary N) is 1. The molecule has 0 aliphatic heterocycles. The average Bonchev–Trinajstić information content (AvgIpc) is 3.22. The van der Waals surface area contributed by atoms with Crippen molar-refractivity contribution in [1.82, 2.24) is 4.72 Å². The number of hydrogen-bond acceptors (Lipinski definition) is 7. The Balaban J connectivity index is 1.60. The maximum atomic E-state index is 12.8. The van der Waals surface area contributed by atoms with Gasteiger partial charge in [0.05, 0.1) is 7.11 Å². The minimum absolute atomic E-state index is 0.0455. The van der Waals surface area contributed by atoms with E-state index >= 15 is 0 Å². The van der Waals surface area contributed by atoms with Gasteiger partial charge in [-0.15, -0.1) is 0 Å². The summed E-state index contributed by atoms with van der Waals surface area (Å²) in [6.45, 7) is 0. The van der Waals surface area contributed by atoms with E-state index in [0.29, 0.717) is 16.9 Å².